The second-order valence-corrected chi connectivity index (χ2v) is 8.90. The van der Waals surface area contributed by atoms with Crippen molar-refractivity contribution in [1.82, 2.24) is 0 Å². The first-order chi connectivity index (χ1) is 18.0. The van der Waals surface area contributed by atoms with Crippen molar-refractivity contribution in [2.45, 2.75) is 13.5 Å². The molecule has 0 saturated heterocycles. The zero-order valence-corrected chi connectivity index (χ0v) is 22.0. The van der Waals surface area contributed by atoms with Gasteiger partial charge in [0.1, 0.15) is 24.0 Å². The largest absolute Gasteiger partial charge is 0.494 e. The van der Waals surface area contributed by atoms with Gasteiger partial charge in [-0.15, -0.1) is 0 Å². The molecule has 0 aromatic heterocycles. The van der Waals surface area contributed by atoms with Crippen molar-refractivity contribution in [3.05, 3.63) is 100 Å². The molecule has 0 saturated carbocycles. The summed E-state index contributed by atoms with van der Waals surface area (Å²) in [7, 11) is 1.54. The molecule has 0 spiro atoms. The van der Waals surface area contributed by atoms with Gasteiger partial charge in [0.2, 0.25) is 0 Å². The number of nitrogens with zero attached hydrogens (tertiary/aromatic N) is 1. The summed E-state index contributed by atoms with van der Waals surface area (Å²) in [5, 5.41) is 14.7. The van der Waals surface area contributed by atoms with Crippen molar-refractivity contribution in [3.8, 4) is 23.3 Å². The number of hydrogen-bond acceptors (Lipinski definition) is 5. The highest BCUT2D eigenvalue weighted by Crippen LogP contribution is 2.38. The normalized spacial score (nSPS) is 11.0. The number of anilines is 1. The van der Waals surface area contributed by atoms with E-state index in [9.17, 15) is 10.1 Å². The van der Waals surface area contributed by atoms with Gasteiger partial charge in [0, 0.05) is 11.8 Å². The van der Waals surface area contributed by atoms with Crippen LogP contribution in [-0.4, -0.2) is 19.6 Å². The molecule has 0 aliphatic heterocycles. The number of amides is 1. The quantitative estimate of drug-likeness (QED) is 0.175. The maximum atomic E-state index is 12.8. The van der Waals surface area contributed by atoms with Crippen LogP contribution in [0.3, 0.4) is 0 Å². The zero-order chi connectivity index (χ0) is 26.2. The molecule has 4 aromatic carbocycles. The van der Waals surface area contributed by atoms with Crippen molar-refractivity contribution in [2.75, 3.05) is 19.0 Å². The molecule has 0 radical (unpaired) electrons. The molecular formula is C30H25BrN2O4. The van der Waals surface area contributed by atoms with Gasteiger partial charge in [-0.3, -0.25) is 4.79 Å². The van der Waals surface area contributed by atoms with Crippen LogP contribution in [-0.2, 0) is 11.4 Å². The molecule has 7 heteroatoms. The standard InChI is InChI=1S/C30H25BrN2O4/c1-3-36-25-12-7-11-24(17-25)33-30(34)23(18-32)14-20-15-27(31)29(28(16-20)35-2)37-19-22-10-6-9-21-8-4-5-13-26(21)22/h4-17H,3,19H2,1-2H3,(H,33,34)/b23-14-. The van der Waals surface area contributed by atoms with Crippen LogP contribution in [0, 0.1) is 11.3 Å². The first-order valence-corrected chi connectivity index (χ1v) is 12.4. The molecule has 0 atom stereocenters. The second kappa shape index (κ2) is 12.1. The van der Waals surface area contributed by atoms with Gasteiger partial charge in [-0.2, -0.15) is 5.26 Å². The van der Waals surface area contributed by atoms with Crippen LogP contribution in [0.1, 0.15) is 18.1 Å². The Balaban J connectivity index is 1.55. The fourth-order valence-corrected chi connectivity index (χ4v) is 4.45. The minimum absolute atomic E-state index is 0.0554. The Morgan fingerprint density at radius 3 is 2.59 bits per heavy atom. The predicted octanol–water partition coefficient (Wildman–Crippen LogP) is 7.13. The Morgan fingerprint density at radius 1 is 1.03 bits per heavy atom. The van der Waals surface area contributed by atoms with E-state index in [2.05, 4.69) is 39.4 Å². The number of rotatable bonds is 9. The molecule has 0 heterocycles. The maximum absolute atomic E-state index is 12.8. The lowest BCUT2D eigenvalue weighted by Gasteiger charge is -2.15. The molecule has 1 amide bonds. The summed E-state index contributed by atoms with van der Waals surface area (Å²) in [6.07, 6.45) is 1.50. The Morgan fingerprint density at radius 2 is 1.81 bits per heavy atom. The molecule has 0 unspecified atom stereocenters. The number of carbonyl (C=O) groups is 1. The van der Waals surface area contributed by atoms with Crippen molar-refractivity contribution in [1.29, 1.82) is 5.26 Å². The number of hydrogen-bond donors (Lipinski definition) is 1. The van der Waals surface area contributed by atoms with Crippen LogP contribution in [0.25, 0.3) is 16.8 Å². The van der Waals surface area contributed by atoms with Crippen molar-refractivity contribution >= 4 is 44.4 Å². The lowest BCUT2D eigenvalue weighted by atomic mass is 10.1. The third-order valence-corrected chi connectivity index (χ3v) is 6.17. The fourth-order valence-electron chi connectivity index (χ4n) is 3.88. The van der Waals surface area contributed by atoms with E-state index in [4.69, 9.17) is 14.2 Å². The number of benzene rings is 4. The first kappa shape index (κ1) is 25.8. The molecule has 0 aliphatic rings. The molecular weight excluding hydrogens is 532 g/mol. The van der Waals surface area contributed by atoms with Crippen molar-refractivity contribution in [2.24, 2.45) is 0 Å². The molecule has 1 N–H and O–H groups in total. The van der Waals surface area contributed by atoms with E-state index in [0.29, 0.717) is 46.2 Å². The summed E-state index contributed by atoms with van der Waals surface area (Å²) in [5.74, 6) is 1.12. The predicted molar refractivity (Wildman–Crippen MR) is 149 cm³/mol. The van der Waals surface area contributed by atoms with Crippen LogP contribution >= 0.6 is 15.9 Å². The molecule has 4 rings (SSSR count). The highest BCUT2D eigenvalue weighted by atomic mass is 79.9. The van der Waals surface area contributed by atoms with Crippen LogP contribution in [0.15, 0.2) is 88.9 Å². The number of ether oxygens (including phenoxy) is 3. The van der Waals surface area contributed by atoms with Crippen molar-refractivity contribution in [3.63, 3.8) is 0 Å². The number of nitriles is 1. The SMILES string of the molecule is CCOc1cccc(NC(=O)/C(C#N)=C\c2cc(Br)c(OCc3cccc4ccccc34)c(OC)c2)c1. The van der Waals surface area contributed by atoms with E-state index in [1.165, 1.54) is 6.08 Å². The number of methoxy groups -OCH3 is 1. The van der Waals surface area contributed by atoms with E-state index >= 15 is 0 Å². The van der Waals surface area contributed by atoms with Gasteiger partial charge in [-0.1, -0.05) is 48.5 Å². The fraction of sp³-hybridized carbons (Fsp3) is 0.133. The smallest absolute Gasteiger partial charge is 0.266 e. The lowest BCUT2D eigenvalue weighted by molar-refractivity contribution is -0.112. The number of fused-ring (bicyclic) bond motifs is 1. The van der Waals surface area contributed by atoms with Crippen LogP contribution < -0.4 is 19.5 Å². The second-order valence-electron chi connectivity index (χ2n) is 8.05. The molecule has 0 aliphatic carbocycles. The molecule has 4 aromatic rings. The molecule has 37 heavy (non-hydrogen) atoms. The Bertz CT molecular complexity index is 1500. The van der Waals surface area contributed by atoms with Crippen LogP contribution in [0.5, 0.6) is 17.2 Å². The number of carbonyl (C=O) groups excluding carboxylic acids is 1. The summed E-state index contributed by atoms with van der Waals surface area (Å²) < 4.78 is 17.8. The average molecular weight is 557 g/mol. The van der Waals surface area contributed by atoms with E-state index < -0.39 is 5.91 Å². The lowest BCUT2D eigenvalue weighted by Crippen LogP contribution is -2.13. The van der Waals surface area contributed by atoms with E-state index in [-0.39, 0.29) is 5.57 Å². The Labute approximate surface area is 224 Å². The summed E-state index contributed by atoms with van der Waals surface area (Å²) >= 11 is 3.56. The summed E-state index contributed by atoms with van der Waals surface area (Å²) in [6.45, 7) is 2.74. The highest BCUT2D eigenvalue weighted by molar-refractivity contribution is 9.10. The highest BCUT2D eigenvalue weighted by Gasteiger charge is 2.15. The number of nitrogens with one attached hydrogen (secondary N) is 1. The first-order valence-electron chi connectivity index (χ1n) is 11.7. The molecule has 0 fully saturated rings. The third-order valence-electron chi connectivity index (χ3n) is 5.58. The maximum Gasteiger partial charge on any atom is 0.266 e. The molecule has 186 valence electrons. The monoisotopic (exact) mass is 556 g/mol. The van der Waals surface area contributed by atoms with E-state index in [1.54, 1.807) is 43.5 Å². The molecule has 0 bridgehead atoms. The van der Waals surface area contributed by atoms with Crippen LogP contribution in [0.2, 0.25) is 0 Å². The summed E-state index contributed by atoms with van der Waals surface area (Å²) in [4.78, 5) is 12.8. The number of halogens is 1. The van der Waals surface area contributed by atoms with E-state index in [1.807, 2.05) is 37.3 Å². The Hall–Kier alpha value is -4.28. The van der Waals surface area contributed by atoms with Gasteiger partial charge >= 0.3 is 0 Å². The minimum Gasteiger partial charge on any atom is -0.494 e. The van der Waals surface area contributed by atoms with Crippen LogP contribution in [0.4, 0.5) is 5.69 Å². The summed E-state index contributed by atoms with van der Waals surface area (Å²) in [6, 6.07) is 26.7. The van der Waals surface area contributed by atoms with Gasteiger partial charge in [0.05, 0.1) is 18.2 Å². The van der Waals surface area contributed by atoms with Gasteiger partial charge in [0.15, 0.2) is 11.5 Å². The topological polar surface area (TPSA) is 80.6 Å². The van der Waals surface area contributed by atoms with Gasteiger partial charge < -0.3 is 19.5 Å². The van der Waals surface area contributed by atoms with Gasteiger partial charge in [-0.05, 0) is 75.1 Å². The van der Waals surface area contributed by atoms with E-state index in [0.717, 1.165) is 16.3 Å². The zero-order valence-electron chi connectivity index (χ0n) is 20.5. The van der Waals surface area contributed by atoms with Crippen molar-refractivity contribution < 1.29 is 19.0 Å². The molecule has 6 nitrogen and oxygen atoms in total. The van der Waals surface area contributed by atoms with Gasteiger partial charge in [0.25, 0.3) is 5.91 Å². The Kier molecular flexibility index (Phi) is 8.44. The third kappa shape index (κ3) is 6.29. The average Bonchev–Trinajstić information content (AvgIpc) is 2.91. The summed E-state index contributed by atoms with van der Waals surface area (Å²) in [5.41, 5.74) is 2.14. The minimum atomic E-state index is -0.525. The van der Waals surface area contributed by atoms with Gasteiger partial charge in [-0.25, -0.2) is 0 Å².